The van der Waals surface area contributed by atoms with E-state index in [0.29, 0.717) is 11.4 Å². The predicted molar refractivity (Wildman–Crippen MR) is 77.7 cm³/mol. The van der Waals surface area contributed by atoms with Crippen LogP contribution in [0, 0.1) is 5.82 Å². The SMILES string of the molecule is CC1C(=O)Nc2c(Cc3ccc(Cl)cc3)cc(F)cc21. The molecule has 1 atom stereocenters. The van der Waals surface area contributed by atoms with E-state index in [9.17, 15) is 9.18 Å². The smallest absolute Gasteiger partial charge is 0.231 e. The van der Waals surface area contributed by atoms with Gasteiger partial charge in [-0.2, -0.15) is 0 Å². The van der Waals surface area contributed by atoms with Crippen LogP contribution >= 0.6 is 11.6 Å². The number of nitrogens with one attached hydrogen (secondary N) is 1. The van der Waals surface area contributed by atoms with Gasteiger partial charge in [-0.05, 0) is 54.3 Å². The van der Waals surface area contributed by atoms with Gasteiger partial charge in [-0.1, -0.05) is 23.7 Å². The van der Waals surface area contributed by atoms with E-state index >= 15 is 0 Å². The van der Waals surface area contributed by atoms with Gasteiger partial charge in [0, 0.05) is 10.7 Å². The second kappa shape index (κ2) is 4.91. The molecular formula is C16H13ClFNO. The van der Waals surface area contributed by atoms with E-state index in [4.69, 9.17) is 11.6 Å². The highest BCUT2D eigenvalue weighted by Crippen LogP contribution is 2.36. The average Bonchev–Trinajstić information content (AvgIpc) is 2.69. The number of rotatable bonds is 2. The molecule has 2 nitrogen and oxygen atoms in total. The third-order valence-corrected chi connectivity index (χ3v) is 3.88. The molecule has 0 aliphatic carbocycles. The quantitative estimate of drug-likeness (QED) is 0.885. The summed E-state index contributed by atoms with van der Waals surface area (Å²) in [5, 5.41) is 3.51. The van der Waals surface area contributed by atoms with Crippen LogP contribution in [0.25, 0.3) is 0 Å². The second-order valence-corrected chi connectivity index (χ2v) is 5.48. The second-order valence-electron chi connectivity index (χ2n) is 5.04. The zero-order valence-corrected chi connectivity index (χ0v) is 11.7. The molecule has 1 N–H and O–H groups in total. The Labute approximate surface area is 121 Å². The maximum absolute atomic E-state index is 13.7. The maximum atomic E-state index is 13.7. The molecule has 0 aromatic heterocycles. The molecule has 1 unspecified atom stereocenters. The fraction of sp³-hybridized carbons (Fsp3) is 0.188. The number of fused-ring (bicyclic) bond motifs is 1. The molecule has 1 amide bonds. The first-order valence-corrected chi connectivity index (χ1v) is 6.80. The number of hydrogen-bond acceptors (Lipinski definition) is 1. The summed E-state index contributed by atoms with van der Waals surface area (Å²) in [6.07, 6.45) is 0.560. The van der Waals surface area contributed by atoms with E-state index in [2.05, 4.69) is 5.32 Å². The van der Waals surface area contributed by atoms with Crippen LogP contribution in [0.5, 0.6) is 0 Å². The summed E-state index contributed by atoms with van der Waals surface area (Å²) in [5.41, 5.74) is 3.30. The Balaban J connectivity index is 2.00. The Morgan fingerprint density at radius 2 is 1.95 bits per heavy atom. The molecule has 4 heteroatoms. The van der Waals surface area contributed by atoms with Gasteiger partial charge in [0.25, 0.3) is 0 Å². The van der Waals surface area contributed by atoms with Crippen LogP contribution in [0.2, 0.25) is 5.02 Å². The van der Waals surface area contributed by atoms with Crippen molar-refractivity contribution < 1.29 is 9.18 Å². The molecule has 102 valence electrons. The molecule has 1 heterocycles. The van der Waals surface area contributed by atoms with Gasteiger partial charge in [0.15, 0.2) is 0 Å². The Hall–Kier alpha value is -1.87. The monoisotopic (exact) mass is 289 g/mol. The molecule has 3 rings (SSSR count). The van der Waals surface area contributed by atoms with Crippen molar-refractivity contribution in [1.29, 1.82) is 0 Å². The third-order valence-electron chi connectivity index (χ3n) is 3.63. The number of anilines is 1. The van der Waals surface area contributed by atoms with E-state index in [0.717, 1.165) is 22.4 Å². The Morgan fingerprint density at radius 1 is 1.25 bits per heavy atom. The predicted octanol–water partition coefficient (Wildman–Crippen LogP) is 4.13. The van der Waals surface area contributed by atoms with E-state index in [1.54, 1.807) is 19.1 Å². The maximum Gasteiger partial charge on any atom is 0.231 e. The molecule has 0 bridgehead atoms. The summed E-state index contributed by atoms with van der Waals surface area (Å²) in [5.74, 6) is -0.691. The van der Waals surface area contributed by atoms with Crippen LogP contribution < -0.4 is 5.32 Å². The summed E-state index contributed by atoms with van der Waals surface area (Å²) in [7, 11) is 0. The Kier molecular flexibility index (Phi) is 3.22. The molecule has 0 radical (unpaired) electrons. The Morgan fingerprint density at radius 3 is 2.65 bits per heavy atom. The van der Waals surface area contributed by atoms with Crippen molar-refractivity contribution in [2.75, 3.05) is 5.32 Å². The largest absolute Gasteiger partial charge is 0.325 e. The summed E-state index contributed by atoms with van der Waals surface area (Å²) >= 11 is 5.85. The minimum Gasteiger partial charge on any atom is -0.325 e. The first-order chi connectivity index (χ1) is 9.54. The molecule has 0 spiro atoms. The standard InChI is InChI=1S/C16H13ClFNO/c1-9-14-8-13(18)7-11(15(14)19-16(9)20)6-10-2-4-12(17)5-3-10/h2-5,7-9H,6H2,1H3,(H,19,20). The van der Waals surface area contributed by atoms with Gasteiger partial charge in [-0.15, -0.1) is 0 Å². The fourth-order valence-corrected chi connectivity index (χ4v) is 2.64. The molecule has 1 aliphatic rings. The van der Waals surface area contributed by atoms with Crippen molar-refractivity contribution >= 4 is 23.2 Å². The van der Waals surface area contributed by atoms with Crippen molar-refractivity contribution in [2.45, 2.75) is 19.3 Å². The molecule has 0 fully saturated rings. The van der Waals surface area contributed by atoms with Gasteiger partial charge in [0.1, 0.15) is 5.82 Å². The van der Waals surface area contributed by atoms with Crippen LogP contribution in [0.4, 0.5) is 10.1 Å². The number of hydrogen-bond donors (Lipinski definition) is 1. The molecule has 2 aromatic carbocycles. The third kappa shape index (κ3) is 2.29. The van der Waals surface area contributed by atoms with Crippen molar-refractivity contribution in [3.8, 4) is 0 Å². The van der Waals surface area contributed by atoms with Gasteiger partial charge in [0.2, 0.25) is 5.91 Å². The normalized spacial score (nSPS) is 16.9. The van der Waals surface area contributed by atoms with E-state index in [1.807, 2.05) is 12.1 Å². The number of carbonyl (C=O) groups excluding carboxylic acids is 1. The van der Waals surface area contributed by atoms with E-state index in [1.165, 1.54) is 12.1 Å². The highest BCUT2D eigenvalue weighted by Gasteiger charge is 2.29. The molecule has 0 saturated carbocycles. The molecule has 1 aliphatic heterocycles. The summed E-state index contributed by atoms with van der Waals surface area (Å²) in [6.45, 7) is 1.78. The average molecular weight is 290 g/mol. The lowest BCUT2D eigenvalue weighted by Gasteiger charge is -2.09. The van der Waals surface area contributed by atoms with Crippen molar-refractivity contribution in [3.05, 3.63) is 63.9 Å². The van der Waals surface area contributed by atoms with Crippen molar-refractivity contribution in [3.63, 3.8) is 0 Å². The lowest BCUT2D eigenvalue weighted by atomic mass is 9.96. The Bertz CT molecular complexity index is 682. The number of halogens is 2. The topological polar surface area (TPSA) is 29.1 Å². The molecule has 0 saturated heterocycles. The van der Waals surface area contributed by atoms with Gasteiger partial charge in [-0.25, -0.2) is 4.39 Å². The first-order valence-electron chi connectivity index (χ1n) is 6.42. The lowest BCUT2D eigenvalue weighted by Crippen LogP contribution is -2.08. The zero-order chi connectivity index (χ0) is 14.3. The minimum absolute atomic E-state index is 0.0806. The molecular weight excluding hydrogens is 277 g/mol. The molecule has 2 aromatic rings. The summed E-state index contributed by atoms with van der Waals surface area (Å²) < 4.78 is 13.7. The van der Waals surface area contributed by atoms with Crippen molar-refractivity contribution in [1.82, 2.24) is 0 Å². The first kappa shape index (κ1) is 13.1. The van der Waals surface area contributed by atoms with Crippen molar-refractivity contribution in [2.24, 2.45) is 0 Å². The number of carbonyl (C=O) groups is 1. The van der Waals surface area contributed by atoms with Crippen LogP contribution in [0.1, 0.15) is 29.5 Å². The van der Waals surface area contributed by atoms with Gasteiger partial charge < -0.3 is 5.32 Å². The van der Waals surface area contributed by atoms with Crippen LogP contribution in [-0.4, -0.2) is 5.91 Å². The fourth-order valence-electron chi connectivity index (χ4n) is 2.51. The van der Waals surface area contributed by atoms with E-state index < -0.39 is 0 Å². The van der Waals surface area contributed by atoms with Gasteiger partial charge >= 0.3 is 0 Å². The zero-order valence-electron chi connectivity index (χ0n) is 10.9. The summed E-state index contributed by atoms with van der Waals surface area (Å²) in [4.78, 5) is 11.7. The lowest BCUT2D eigenvalue weighted by molar-refractivity contribution is -0.116. The van der Waals surface area contributed by atoms with Crippen LogP contribution in [0.15, 0.2) is 36.4 Å². The van der Waals surface area contributed by atoms with Crippen LogP contribution in [0.3, 0.4) is 0 Å². The van der Waals surface area contributed by atoms with Gasteiger partial charge in [0.05, 0.1) is 5.92 Å². The summed E-state index contributed by atoms with van der Waals surface area (Å²) in [6, 6.07) is 10.3. The highest BCUT2D eigenvalue weighted by molar-refractivity contribution is 6.30. The number of benzene rings is 2. The highest BCUT2D eigenvalue weighted by atomic mass is 35.5. The number of amides is 1. The van der Waals surface area contributed by atoms with Gasteiger partial charge in [-0.3, -0.25) is 4.79 Å². The minimum atomic E-state index is -0.309. The van der Waals surface area contributed by atoms with Crippen LogP contribution in [-0.2, 0) is 11.2 Å². The van der Waals surface area contributed by atoms with E-state index in [-0.39, 0.29) is 17.6 Å². The molecule has 20 heavy (non-hydrogen) atoms.